The molecule has 0 amide bonds. The smallest absolute Gasteiger partial charge is 0.267 e. The summed E-state index contributed by atoms with van der Waals surface area (Å²) in [5.41, 5.74) is 4.90. The molecule has 5 rings (SSSR count). The summed E-state index contributed by atoms with van der Waals surface area (Å²) in [6, 6.07) is 4.06. The predicted octanol–water partition coefficient (Wildman–Crippen LogP) is 1.31. The summed E-state index contributed by atoms with van der Waals surface area (Å²) < 4.78 is 3.85. The first-order valence-electron chi connectivity index (χ1n) is 9.20. The summed E-state index contributed by atoms with van der Waals surface area (Å²) in [5.74, 6) is 2.57. The van der Waals surface area contributed by atoms with Crippen LogP contribution >= 0.6 is 11.8 Å². The Labute approximate surface area is 151 Å². The third-order valence-electron chi connectivity index (χ3n) is 5.47. The molecule has 0 radical (unpaired) electrons. The number of fused-ring (bicyclic) bond motifs is 2. The van der Waals surface area contributed by atoms with Gasteiger partial charge in [0.2, 0.25) is 0 Å². The Hall–Kier alpha value is -1.60. The summed E-state index contributed by atoms with van der Waals surface area (Å²) >= 11 is 1.89. The van der Waals surface area contributed by atoms with Gasteiger partial charge in [0.15, 0.2) is 0 Å². The highest BCUT2D eigenvalue weighted by atomic mass is 32.2. The van der Waals surface area contributed by atoms with Crippen LogP contribution in [-0.4, -0.2) is 43.3 Å². The van der Waals surface area contributed by atoms with Crippen LogP contribution in [0.5, 0.6) is 0 Å². The van der Waals surface area contributed by atoms with Gasteiger partial charge in [0, 0.05) is 56.0 Å². The molecular formula is C18H23N5OS. The van der Waals surface area contributed by atoms with E-state index in [9.17, 15) is 4.79 Å². The molecule has 0 saturated carbocycles. The van der Waals surface area contributed by atoms with Gasteiger partial charge in [0.1, 0.15) is 0 Å². The molecule has 3 aliphatic rings. The van der Waals surface area contributed by atoms with Crippen LogP contribution in [0.3, 0.4) is 0 Å². The lowest BCUT2D eigenvalue weighted by Crippen LogP contribution is -2.49. The van der Waals surface area contributed by atoms with E-state index in [2.05, 4.69) is 25.8 Å². The van der Waals surface area contributed by atoms with Crippen molar-refractivity contribution in [1.82, 2.24) is 24.5 Å². The molecule has 0 spiro atoms. The van der Waals surface area contributed by atoms with E-state index in [0.717, 1.165) is 61.9 Å². The first-order chi connectivity index (χ1) is 12.2. The van der Waals surface area contributed by atoms with Crippen LogP contribution in [0.1, 0.15) is 29.1 Å². The van der Waals surface area contributed by atoms with E-state index < -0.39 is 0 Å². The van der Waals surface area contributed by atoms with Crippen molar-refractivity contribution in [3.8, 4) is 0 Å². The molecular weight excluding hydrogens is 334 g/mol. The van der Waals surface area contributed by atoms with Crippen LogP contribution in [0, 0.1) is 5.92 Å². The minimum absolute atomic E-state index is 0.0604. The maximum absolute atomic E-state index is 12.3. The first kappa shape index (κ1) is 15.6. The van der Waals surface area contributed by atoms with Gasteiger partial charge in [0.05, 0.1) is 17.9 Å². The zero-order chi connectivity index (χ0) is 16.8. The van der Waals surface area contributed by atoms with Gasteiger partial charge in [-0.1, -0.05) is 0 Å². The Balaban J connectivity index is 1.19. The second kappa shape index (κ2) is 6.29. The fourth-order valence-corrected chi connectivity index (χ4v) is 5.13. The highest BCUT2D eigenvalue weighted by molar-refractivity contribution is 7.98. The molecule has 6 nitrogen and oxygen atoms in total. The van der Waals surface area contributed by atoms with E-state index in [0.29, 0.717) is 5.92 Å². The number of nitrogens with zero attached hydrogens (tertiary/aromatic N) is 5. The Kier molecular flexibility index (Phi) is 3.93. The number of hydrogen-bond donors (Lipinski definition) is 0. The topological polar surface area (TPSA) is 56.0 Å². The standard InChI is InChI=1S/C18H23N5OS/c24-18-6-14-12-25-5-3-17(14)20-23(18)10-13-8-21(9-13)11-15-7-16-2-1-4-22(16)19-15/h6-7,13H,1-5,8-12H2. The monoisotopic (exact) mass is 357 g/mol. The molecule has 132 valence electrons. The molecule has 1 saturated heterocycles. The fourth-order valence-electron chi connectivity index (χ4n) is 4.18. The number of rotatable bonds is 4. The highest BCUT2D eigenvalue weighted by Crippen LogP contribution is 2.23. The van der Waals surface area contributed by atoms with Gasteiger partial charge in [-0.3, -0.25) is 14.4 Å². The zero-order valence-corrected chi connectivity index (χ0v) is 15.2. The van der Waals surface area contributed by atoms with Crippen molar-refractivity contribution in [2.45, 2.75) is 44.6 Å². The lowest BCUT2D eigenvalue weighted by atomic mass is 10.00. The lowest BCUT2D eigenvalue weighted by molar-refractivity contribution is 0.0750. The van der Waals surface area contributed by atoms with E-state index in [1.807, 2.05) is 11.8 Å². The van der Waals surface area contributed by atoms with Crippen molar-refractivity contribution in [2.75, 3.05) is 18.8 Å². The summed E-state index contributed by atoms with van der Waals surface area (Å²) in [6.45, 7) is 4.81. The first-order valence-corrected chi connectivity index (χ1v) is 10.4. The quantitative estimate of drug-likeness (QED) is 0.826. The highest BCUT2D eigenvalue weighted by Gasteiger charge is 2.29. The molecule has 25 heavy (non-hydrogen) atoms. The van der Waals surface area contributed by atoms with Gasteiger partial charge in [-0.2, -0.15) is 22.0 Å². The lowest BCUT2D eigenvalue weighted by Gasteiger charge is -2.38. The molecule has 0 N–H and O–H groups in total. The summed E-state index contributed by atoms with van der Waals surface area (Å²) in [6.07, 6.45) is 3.39. The molecule has 0 unspecified atom stereocenters. The number of likely N-dealkylation sites (tertiary alicyclic amines) is 1. The Morgan fingerprint density at radius 2 is 2.12 bits per heavy atom. The second-order valence-corrected chi connectivity index (χ2v) is 8.56. The number of aryl methyl sites for hydroxylation is 3. The fraction of sp³-hybridized carbons (Fsp3) is 0.611. The van der Waals surface area contributed by atoms with Crippen LogP contribution in [0.4, 0.5) is 0 Å². The molecule has 0 aliphatic carbocycles. The van der Waals surface area contributed by atoms with Crippen molar-refractivity contribution in [1.29, 1.82) is 0 Å². The number of thioether (sulfide) groups is 1. The van der Waals surface area contributed by atoms with Gasteiger partial charge in [-0.25, -0.2) is 4.68 Å². The second-order valence-electron chi connectivity index (χ2n) is 7.45. The van der Waals surface area contributed by atoms with E-state index in [1.54, 1.807) is 10.7 Å². The van der Waals surface area contributed by atoms with Crippen molar-refractivity contribution >= 4 is 11.8 Å². The van der Waals surface area contributed by atoms with Gasteiger partial charge >= 0.3 is 0 Å². The summed E-state index contributed by atoms with van der Waals surface area (Å²) in [5, 5.41) is 9.32. The SMILES string of the molecule is O=c1cc2c(nn1CC1CN(Cc3cc4n(n3)CCC4)C1)CCSC2. The molecule has 0 atom stereocenters. The maximum atomic E-state index is 12.3. The van der Waals surface area contributed by atoms with Gasteiger partial charge in [-0.15, -0.1) is 0 Å². The zero-order valence-electron chi connectivity index (χ0n) is 14.4. The van der Waals surface area contributed by atoms with Gasteiger partial charge < -0.3 is 0 Å². The normalized spacial score (nSPS) is 20.3. The minimum atomic E-state index is 0.0604. The van der Waals surface area contributed by atoms with E-state index in [4.69, 9.17) is 0 Å². The van der Waals surface area contributed by atoms with Crippen LogP contribution < -0.4 is 5.56 Å². The van der Waals surface area contributed by atoms with Crippen molar-refractivity contribution in [3.05, 3.63) is 45.1 Å². The molecule has 3 aliphatic heterocycles. The molecule has 5 heterocycles. The van der Waals surface area contributed by atoms with Crippen molar-refractivity contribution in [2.24, 2.45) is 5.92 Å². The third-order valence-corrected chi connectivity index (χ3v) is 6.48. The number of hydrogen-bond acceptors (Lipinski definition) is 5. The average Bonchev–Trinajstić information content (AvgIpc) is 3.14. The van der Waals surface area contributed by atoms with Crippen LogP contribution in [0.15, 0.2) is 16.9 Å². The van der Waals surface area contributed by atoms with Crippen LogP contribution in [0.25, 0.3) is 0 Å². The molecule has 1 fully saturated rings. The summed E-state index contributed by atoms with van der Waals surface area (Å²) in [7, 11) is 0. The predicted molar refractivity (Wildman–Crippen MR) is 97.7 cm³/mol. The van der Waals surface area contributed by atoms with Gasteiger partial charge in [0.25, 0.3) is 5.56 Å². The minimum Gasteiger partial charge on any atom is -0.297 e. The maximum Gasteiger partial charge on any atom is 0.267 e. The average molecular weight is 357 g/mol. The third kappa shape index (κ3) is 3.04. The Morgan fingerprint density at radius 3 is 3.00 bits per heavy atom. The summed E-state index contributed by atoms with van der Waals surface area (Å²) in [4.78, 5) is 14.7. The van der Waals surface area contributed by atoms with Crippen molar-refractivity contribution in [3.63, 3.8) is 0 Å². The largest absolute Gasteiger partial charge is 0.297 e. The van der Waals surface area contributed by atoms with Gasteiger partial charge in [-0.05, 0) is 30.2 Å². The Bertz CT molecular complexity index is 830. The molecule has 2 aromatic rings. The van der Waals surface area contributed by atoms with Crippen LogP contribution in [0.2, 0.25) is 0 Å². The molecule has 0 aromatic carbocycles. The van der Waals surface area contributed by atoms with E-state index >= 15 is 0 Å². The van der Waals surface area contributed by atoms with Crippen LogP contribution in [-0.2, 0) is 38.2 Å². The number of aromatic nitrogens is 4. The molecule has 7 heteroatoms. The van der Waals surface area contributed by atoms with Crippen molar-refractivity contribution < 1.29 is 0 Å². The van der Waals surface area contributed by atoms with E-state index in [1.165, 1.54) is 24.2 Å². The molecule has 2 aromatic heterocycles. The Morgan fingerprint density at radius 1 is 1.20 bits per heavy atom. The molecule has 0 bridgehead atoms. The van der Waals surface area contributed by atoms with E-state index in [-0.39, 0.29) is 5.56 Å².